The van der Waals surface area contributed by atoms with Crippen molar-refractivity contribution in [2.75, 3.05) is 26.2 Å². The molecule has 1 aliphatic rings. The highest BCUT2D eigenvalue weighted by molar-refractivity contribution is 5.35. The number of β-amino-alcohol motifs (C(OH)–C–C–N with tert-alkyl or cyclic N) is 1. The van der Waals surface area contributed by atoms with E-state index in [-0.39, 0.29) is 6.10 Å². The van der Waals surface area contributed by atoms with Crippen LogP contribution in [0.2, 0.25) is 0 Å². The topological polar surface area (TPSA) is 32.7 Å². The molecule has 17 heavy (non-hydrogen) atoms. The molecule has 1 heterocycles. The van der Waals surface area contributed by atoms with Gasteiger partial charge in [-0.15, -0.1) is 0 Å². The van der Waals surface area contributed by atoms with E-state index in [0.29, 0.717) is 0 Å². The lowest BCUT2D eigenvalue weighted by Gasteiger charge is -2.35. The van der Waals surface area contributed by atoms with Crippen LogP contribution < -0.4 is 4.74 Å². The van der Waals surface area contributed by atoms with Gasteiger partial charge < -0.3 is 9.84 Å². The first-order chi connectivity index (χ1) is 8.15. The maximum atomic E-state index is 9.15. The fourth-order valence-corrected chi connectivity index (χ4v) is 2.06. The summed E-state index contributed by atoms with van der Waals surface area (Å²) in [4.78, 5) is 2.25. The zero-order valence-corrected chi connectivity index (χ0v) is 10.6. The van der Waals surface area contributed by atoms with Crippen LogP contribution in [0.1, 0.15) is 17.5 Å². The molecule has 1 aromatic carbocycles. The molecule has 0 radical (unpaired) electrons. The second kappa shape index (κ2) is 5.52. The summed E-state index contributed by atoms with van der Waals surface area (Å²) in [5, 5.41) is 9.15. The zero-order valence-electron chi connectivity index (χ0n) is 10.6. The van der Waals surface area contributed by atoms with Crippen molar-refractivity contribution in [1.29, 1.82) is 0 Å². The van der Waals surface area contributed by atoms with Gasteiger partial charge in [0.25, 0.3) is 0 Å². The number of benzene rings is 1. The average molecular weight is 235 g/mol. The highest BCUT2D eigenvalue weighted by atomic mass is 16.5. The minimum absolute atomic E-state index is 0.102. The van der Waals surface area contributed by atoms with E-state index >= 15 is 0 Å². The summed E-state index contributed by atoms with van der Waals surface area (Å²) in [7, 11) is 0. The molecule has 1 aromatic rings. The quantitative estimate of drug-likeness (QED) is 0.789. The number of aliphatic hydroxyl groups excluding tert-OH is 1. The summed E-state index contributed by atoms with van der Waals surface area (Å²) in [5.74, 6) is 0.994. The lowest BCUT2D eigenvalue weighted by molar-refractivity contribution is 0.0000392. The van der Waals surface area contributed by atoms with Crippen LogP contribution >= 0.6 is 0 Å². The number of aryl methyl sites for hydroxylation is 2. The lowest BCUT2D eigenvalue weighted by Crippen LogP contribution is -2.50. The number of ether oxygens (including phenoxy) is 1. The Morgan fingerprint density at radius 2 is 2.12 bits per heavy atom. The van der Waals surface area contributed by atoms with Gasteiger partial charge >= 0.3 is 0 Å². The normalized spacial score (nSPS) is 16.9. The van der Waals surface area contributed by atoms with Gasteiger partial charge in [0.15, 0.2) is 0 Å². The molecule has 0 unspecified atom stereocenters. The van der Waals surface area contributed by atoms with Gasteiger partial charge in [-0.3, -0.25) is 4.90 Å². The first-order valence-corrected chi connectivity index (χ1v) is 6.25. The molecule has 0 aliphatic carbocycles. The first-order valence-electron chi connectivity index (χ1n) is 6.25. The Kier molecular flexibility index (Phi) is 4.02. The Hall–Kier alpha value is -1.06. The molecule has 3 nitrogen and oxygen atoms in total. The number of hydrogen-bond donors (Lipinski definition) is 1. The Labute approximate surface area is 103 Å². The fourth-order valence-electron chi connectivity index (χ4n) is 2.06. The van der Waals surface area contributed by atoms with E-state index in [2.05, 4.69) is 36.9 Å². The molecule has 94 valence electrons. The van der Waals surface area contributed by atoms with Crippen molar-refractivity contribution in [1.82, 2.24) is 4.90 Å². The van der Waals surface area contributed by atoms with Crippen molar-refractivity contribution in [3.05, 3.63) is 29.3 Å². The molecule has 0 atom stereocenters. The molecule has 0 aromatic heterocycles. The summed E-state index contributed by atoms with van der Waals surface area (Å²) in [6, 6.07) is 6.28. The number of hydrogen-bond acceptors (Lipinski definition) is 3. The molecule has 1 N–H and O–H groups in total. The third kappa shape index (κ3) is 3.45. The van der Waals surface area contributed by atoms with E-state index in [9.17, 15) is 0 Å². The standard InChI is InChI=1S/C14H21NO2/c1-11-4-5-12(2)14(8-11)17-7-3-6-15-9-13(16)10-15/h4-5,8,13,16H,3,6-7,9-10H2,1-2H3. The third-order valence-corrected chi connectivity index (χ3v) is 3.16. The monoisotopic (exact) mass is 235 g/mol. The molecule has 1 fully saturated rings. The molecule has 1 saturated heterocycles. The number of aliphatic hydroxyl groups is 1. The predicted octanol–water partition coefficient (Wildman–Crippen LogP) is 1.75. The SMILES string of the molecule is Cc1ccc(C)c(OCCCN2CC(O)C2)c1. The van der Waals surface area contributed by atoms with Crippen LogP contribution in [0.15, 0.2) is 18.2 Å². The van der Waals surface area contributed by atoms with Gasteiger partial charge in [0.1, 0.15) is 5.75 Å². The van der Waals surface area contributed by atoms with Crippen molar-refractivity contribution >= 4 is 0 Å². The number of rotatable bonds is 5. The van der Waals surface area contributed by atoms with Gasteiger partial charge in [-0.1, -0.05) is 12.1 Å². The maximum Gasteiger partial charge on any atom is 0.122 e. The smallest absolute Gasteiger partial charge is 0.122 e. The highest BCUT2D eigenvalue weighted by Crippen LogP contribution is 2.19. The number of nitrogens with zero attached hydrogens (tertiary/aromatic N) is 1. The van der Waals surface area contributed by atoms with E-state index in [4.69, 9.17) is 9.84 Å². The third-order valence-electron chi connectivity index (χ3n) is 3.16. The van der Waals surface area contributed by atoms with Gasteiger partial charge in [-0.2, -0.15) is 0 Å². The fraction of sp³-hybridized carbons (Fsp3) is 0.571. The molecule has 0 amide bonds. The summed E-state index contributed by atoms with van der Waals surface area (Å²) >= 11 is 0. The zero-order chi connectivity index (χ0) is 12.3. The molecule has 2 rings (SSSR count). The van der Waals surface area contributed by atoms with Crippen LogP contribution in [-0.2, 0) is 0 Å². The van der Waals surface area contributed by atoms with Gasteiger partial charge in [0, 0.05) is 19.6 Å². The molecule has 0 spiro atoms. The Morgan fingerprint density at radius 1 is 1.35 bits per heavy atom. The van der Waals surface area contributed by atoms with E-state index in [0.717, 1.165) is 38.4 Å². The second-order valence-electron chi connectivity index (χ2n) is 4.88. The summed E-state index contributed by atoms with van der Waals surface area (Å²) in [6.07, 6.45) is 0.912. The average Bonchev–Trinajstić information content (AvgIpc) is 2.26. The molecule has 0 bridgehead atoms. The van der Waals surface area contributed by atoms with Crippen LogP contribution in [0.4, 0.5) is 0 Å². The number of likely N-dealkylation sites (tertiary alicyclic amines) is 1. The second-order valence-corrected chi connectivity index (χ2v) is 4.88. The van der Waals surface area contributed by atoms with Crippen molar-refractivity contribution < 1.29 is 9.84 Å². The van der Waals surface area contributed by atoms with Gasteiger partial charge in [-0.05, 0) is 37.5 Å². The van der Waals surface area contributed by atoms with Gasteiger partial charge in [0.05, 0.1) is 12.7 Å². The first kappa shape index (κ1) is 12.4. The molecular formula is C14H21NO2. The van der Waals surface area contributed by atoms with Crippen molar-refractivity contribution in [2.24, 2.45) is 0 Å². The van der Waals surface area contributed by atoms with Crippen LogP contribution in [0.3, 0.4) is 0 Å². The summed E-state index contributed by atoms with van der Waals surface area (Å²) < 4.78 is 5.77. The molecule has 3 heteroatoms. The van der Waals surface area contributed by atoms with Gasteiger partial charge in [0.2, 0.25) is 0 Å². The van der Waals surface area contributed by atoms with Crippen molar-refractivity contribution in [3.8, 4) is 5.75 Å². The van der Waals surface area contributed by atoms with E-state index in [1.165, 1.54) is 11.1 Å². The van der Waals surface area contributed by atoms with Crippen LogP contribution in [0, 0.1) is 13.8 Å². The van der Waals surface area contributed by atoms with Crippen molar-refractivity contribution in [2.45, 2.75) is 26.4 Å². The predicted molar refractivity (Wildman–Crippen MR) is 68.5 cm³/mol. The van der Waals surface area contributed by atoms with Crippen LogP contribution in [0.5, 0.6) is 5.75 Å². The highest BCUT2D eigenvalue weighted by Gasteiger charge is 2.23. The lowest BCUT2D eigenvalue weighted by atomic mass is 10.1. The Bertz CT molecular complexity index is 372. The summed E-state index contributed by atoms with van der Waals surface area (Å²) in [6.45, 7) is 7.56. The van der Waals surface area contributed by atoms with E-state index in [1.54, 1.807) is 0 Å². The van der Waals surface area contributed by atoms with Crippen LogP contribution in [0.25, 0.3) is 0 Å². The molecular weight excluding hydrogens is 214 g/mol. The Balaban J connectivity index is 1.69. The summed E-state index contributed by atoms with van der Waals surface area (Å²) in [5.41, 5.74) is 2.42. The van der Waals surface area contributed by atoms with E-state index < -0.39 is 0 Å². The largest absolute Gasteiger partial charge is 0.493 e. The molecule has 1 aliphatic heterocycles. The maximum absolute atomic E-state index is 9.15. The van der Waals surface area contributed by atoms with Crippen molar-refractivity contribution in [3.63, 3.8) is 0 Å². The van der Waals surface area contributed by atoms with E-state index in [1.807, 2.05) is 0 Å². The molecule has 0 saturated carbocycles. The van der Waals surface area contributed by atoms with Crippen LogP contribution in [-0.4, -0.2) is 42.4 Å². The Morgan fingerprint density at radius 3 is 2.82 bits per heavy atom. The minimum Gasteiger partial charge on any atom is -0.493 e. The minimum atomic E-state index is -0.102. The van der Waals surface area contributed by atoms with Gasteiger partial charge in [-0.25, -0.2) is 0 Å².